The number of benzene rings is 4. The van der Waals surface area contributed by atoms with Gasteiger partial charge in [0.15, 0.2) is 0 Å². The Balaban J connectivity index is 1.38. The molecule has 3 aliphatic carbocycles. The molecule has 2 unspecified atom stereocenters. The van der Waals surface area contributed by atoms with Crippen LogP contribution in [0.5, 0.6) is 0 Å². The van der Waals surface area contributed by atoms with Crippen LogP contribution in [0.4, 0.5) is 11.4 Å². The molecule has 1 fully saturated rings. The zero-order valence-electron chi connectivity index (χ0n) is 23.5. The molecule has 7 rings (SSSR count). The Hall–Kier alpha value is -3.83. The fraction of sp³-hybridized carbons (Fsp3) is 0.324. The van der Waals surface area contributed by atoms with Crippen molar-refractivity contribution in [3.8, 4) is 28.3 Å². The quantitative estimate of drug-likeness (QED) is 0.275. The SMILES string of the molecule is CC1(C)c2ccccc2-c2ccc(N(c3ccc4c(c3)C(C)(C)c3ccccc3-4)C3CCCC(C#N)C3)cc21. The van der Waals surface area contributed by atoms with E-state index in [1.807, 2.05) is 0 Å². The van der Waals surface area contributed by atoms with E-state index in [-0.39, 0.29) is 16.7 Å². The van der Waals surface area contributed by atoms with Crippen molar-refractivity contribution in [1.29, 1.82) is 5.26 Å². The molecule has 0 amide bonds. The molecular weight excluding hydrogens is 472 g/mol. The minimum Gasteiger partial charge on any atom is -0.338 e. The lowest BCUT2D eigenvalue weighted by molar-refractivity contribution is 0.375. The summed E-state index contributed by atoms with van der Waals surface area (Å²) in [5, 5.41) is 9.85. The molecule has 0 heterocycles. The molecule has 0 N–H and O–H groups in total. The van der Waals surface area contributed by atoms with Gasteiger partial charge in [-0.05, 0) is 88.0 Å². The van der Waals surface area contributed by atoms with Gasteiger partial charge >= 0.3 is 0 Å². The van der Waals surface area contributed by atoms with Crippen LogP contribution in [-0.2, 0) is 10.8 Å². The molecule has 4 aromatic carbocycles. The lowest BCUT2D eigenvalue weighted by Crippen LogP contribution is -2.36. The summed E-state index contributed by atoms with van der Waals surface area (Å²) < 4.78 is 0. The second-order valence-electron chi connectivity index (χ2n) is 12.8. The van der Waals surface area contributed by atoms with Crippen molar-refractivity contribution in [2.24, 2.45) is 5.92 Å². The van der Waals surface area contributed by atoms with Crippen molar-refractivity contribution in [2.45, 2.75) is 70.3 Å². The van der Waals surface area contributed by atoms with Crippen LogP contribution in [-0.4, -0.2) is 6.04 Å². The van der Waals surface area contributed by atoms with E-state index in [1.54, 1.807) is 0 Å². The van der Waals surface area contributed by atoms with E-state index in [2.05, 4.69) is 124 Å². The molecule has 0 aliphatic heterocycles. The maximum Gasteiger partial charge on any atom is 0.0656 e. The summed E-state index contributed by atoms with van der Waals surface area (Å²) in [6.45, 7) is 9.42. The summed E-state index contributed by atoms with van der Waals surface area (Å²) in [4.78, 5) is 2.57. The summed E-state index contributed by atoms with van der Waals surface area (Å²) in [5.74, 6) is 0.122. The molecular formula is C37H36N2. The average Bonchev–Trinajstić information content (AvgIpc) is 3.33. The smallest absolute Gasteiger partial charge is 0.0656 e. The fourth-order valence-electron chi connectivity index (χ4n) is 7.77. The first-order valence-corrected chi connectivity index (χ1v) is 14.5. The Labute approximate surface area is 232 Å². The van der Waals surface area contributed by atoms with Crippen LogP contribution in [0.3, 0.4) is 0 Å². The topological polar surface area (TPSA) is 27.0 Å². The Kier molecular flexibility index (Phi) is 5.33. The van der Waals surface area contributed by atoms with Gasteiger partial charge < -0.3 is 4.90 Å². The van der Waals surface area contributed by atoms with Gasteiger partial charge in [-0.1, -0.05) is 94.8 Å². The average molecular weight is 509 g/mol. The van der Waals surface area contributed by atoms with E-state index in [0.717, 1.165) is 25.7 Å². The van der Waals surface area contributed by atoms with Gasteiger partial charge in [-0.15, -0.1) is 0 Å². The van der Waals surface area contributed by atoms with E-state index in [0.29, 0.717) is 6.04 Å². The number of fused-ring (bicyclic) bond motifs is 6. The molecule has 0 bridgehead atoms. The van der Waals surface area contributed by atoms with Gasteiger partial charge in [-0.2, -0.15) is 5.26 Å². The molecule has 1 saturated carbocycles. The third-order valence-electron chi connectivity index (χ3n) is 9.88. The number of hydrogen-bond donors (Lipinski definition) is 0. The second-order valence-corrected chi connectivity index (χ2v) is 12.8. The van der Waals surface area contributed by atoms with Crippen LogP contribution in [0, 0.1) is 17.2 Å². The normalized spacial score (nSPS) is 21.3. The monoisotopic (exact) mass is 508 g/mol. The standard InChI is InChI=1S/C37H36N2/c1-36(2)32-14-7-5-12-28(32)30-18-16-26(21-34(30)36)39(25-11-9-10-24(20-25)23-38)27-17-19-31-29-13-6-8-15-33(29)37(3,4)35(31)22-27/h5-8,12-19,21-22,24-25H,9-11,20H2,1-4H3. The first-order valence-electron chi connectivity index (χ1n) is 14.5. The molecule has 194 valence electrons. The van der Waals surface area contributed by atoms with Gasteiger partial charge in [0, 0.05) is 34.2 Å². The van der Waals surface area contributed by atoms with Crippen molar-refractivity contribution >= 4 is 11.4 Å². The highest BCUT2D eigenvalue weighted by Gasteiger charge is 2.38. The van der Waals surface area contributed by atoms with Gasteiger partial charge in [0.1, 0.15) is 0 Å². The lowest BCUT2D eigenvalue weighted by atomic mass is 9.81. The van der Waals surface area contributed by atoms with Crippen LogP contribution >= 0.6 is 0 Å². The van der Waals surface area contributed by atoms with Gasteiger partial charge in [0.05, 0.1) is 6.07 Å². The molecule has 4 aromatic rings. The second kappa shape index (κ2) is 8.59. The number of hydrogen-bond acceptors (Lipinski definition) is 2. The van der Waals surface area contributed by atoms with Crippen LogP contribution in [0.15, 0.2) is 84.9 Å². The summed E-state index contributed by atoms with van der Waals surface area (Å²) in [5.41, 5.74) is 13.4. The first-order chi connectivity index (χ1) is 18.8. The van der Waals surface area contributed by atoms with Crippen molar-refractivity contribution in [2.75, 3.05) is 4.90 Å². The maximum absolute atomic E-state index is 9.85. The largest absolute Gasteiger partial charge is 0.338 e. The number of nitrogens with zero attached hydrogens (tertiary/aromatic N) is 2. The Bertz CT molecular complexity index is 1540. The van der Waals surface area contributed by atoms with Crippen LogP contribution in [0.1, 0.15) is 75.6 Å². The maximum atomic E-state index is 9.85. The summed E-state index contributed by atoms with van der Waals surface area (Å²) in [6.07, 6.45) is 4.14. The highest BCUT2D eigenvalue weighted by Crippen LogP contribution is 2.52. The summed E-state index contributed by atoms with van der Waals surface area (Å²) in [7, 11) is 0. The number of rotatable bonds is 3. The lowest BCUT2D eigenvalue weighted by Gasteiger charge is -2.39. The van der Waals surface area contributed by atoms with Crippen LogP contribution < -0.4 is 4.90 Å². The molecule has 0 spiro atoms. The van der Waals surface area contributed by atoms with E-state index in [9.17, 15) is 5.26 Å². The molecule has 0 aromatic heterocycles. The Morgan fingerprint density at radius 3 is 1.64 bits per heavy atom. The van der Waals surface area contributed by atoms with E-state index >= 15 is 0 Å². The first kappa shape index (κ1) is 24.2. The van der Waals surface area contributed by atoms with Crippen LogP contribution in [0.25, 0.3) is 22.3 Å². The molecule has 0 saturated heterocycles. The zero-order valence-corrected chi connectivity index (χ0v) is 23.5. The Morgan fingerprint density at radius 2 is 1.13 bits per heavy atom. The highest BCUT2D eigenvalue weighted by molar-refractivity contribution is 5.85. The molecule has 0 radical (unpaired) electrons. The summed E-state index contributed by atoms with van der Waals surface area (Å²) >= 11 is 0. The number of nitriles is 1. The van der Waals surface area contributed by atoms with Crippen molar-refractivity contribution in [1.82, 2.24) is 0 Å². The van der Waals surface area contributed by atoms with Gasteiger partial charge in [0.2, 0.25) is 0 Å². The van der Waals surface area contributed by atoms with Crippen molar-refractivity contribution in [3.05, 3.63) is 107 Å². The zero-order chi connectivity index (χ0) is 26.9. The molecule has 39 heavy (non-hydrogen) atoms. The minimum atomic E-state index is -0.0447. The van der Waals surface area contributed by atoms with Crippen molar-refractivity contribution < 1.29 is 0 Å². The van der Waals surface area contributed by atoms with Crippen LogP contribution in [0.2, 0.25) is 0 Å². The van der Waals surface area contributed by atoms with Gasteiger partial charge in [0.25, 0.3) is 0 Å². The summed E-state index contributed by atoms with van der Waals surface area (Å²) in [6, 6.07) is 34.8. The molecule has 3 aliphatic rings. The predicted molar refractivity (Wildman–Crippen MR) is 162 cm³/mol. The van der Waals surface area contributed by atoms with E-state index in [4.69, 9.17) is 0 Å². The predicted octanol–water partition coefficient (Wildman–Crippen LogP) is 9.52. The van der Waals surface area contributed by atoms with E-state index in [1.165, 1.54) is 55.9 Å². The molecule has 2 atom stereocenters. The third-order valence-corrected chi connectivity index (χ3v) is 9.88. The van der Waals surface area contributed by atoms with Gasteiger partial charge in [-0.25, -0.2) is 0 Å². The fourth-order valence-corrected chi connectivity index (χ4v) is 7.77. The Morgan fingerprint density at radius 1 is 0.641 bits per heavy atom. The minimum absolute atomic E-state index is 0.0447. The molecule has 2 heteroatoms. The van der Waals surface area contributed by atoms with E-state index < -0.39 is 0 Å². The van der Waals surface area contributed by atoms with Gasteiger partial charge in [-0.3, -0.25) is 0 Å². The molecule has 2 nitrogen and oxygen atoms in total. The number of anilines is 2. The third kappa shape index (κ3) is 3.52. The highest BCUT2D eigenvalue weighted by atomic mass is 15.2. The van der Waals surface area contributed by atoms with Crippen molar-refractivity contribution in [3.63, 3.8) is 0 Å².